The first-order chi connectivity index (χ1) is 12.6. The molecule has 8 heteroatoms. The molecule has 0 saturated carbocycles. The summed E-state index contributed by atoms with van der Waals surface area (Å²) in [5.74, 6) is -1.04. The van der Waals surface area contributed by atoms with Crippen LogP contribution in [0.15, 0.2) is 54.6 Å². The average molecular weight is 428 g/mol. The van der Waals surface area contributed by atoms with Crippen molar-refractivity contribution < 1.29 is 14.4 Å². The van der Waals surface area contributed by atoms with Gasteiger partial charge in [0.2, 0.25) is 0 Å². The molecule has 1 amide bonds. The maximum Gasteiger partial charge on any atom is 0.267 e. The van der Waals surface area contributed by atoms with Crippen LogP contribution in [0.1, 0.15) is 17.5 Å². The number of amides is 1. The maximum atomic E-state index is 14.6. The van der Waals surface area contributed by atoms with E-state index in [2.05, 4.69) is 22.8 Å². The Bertz CT molecular complexity index is 797. The van der Waals surface area contributed by atoms with Crippen molar-refractivity contribution in [1.29, 1.82) is 0 Å². The van der Waals surface area contributed by atoms with Gasteiger partial charge in [0.25, 0.3) is 5.91 Å². The molecule has 5 nitrogen and oxygen atoms in total. The molecular weight excluding hydrogens is 404 g/mol. The molecule has 1 aliphatic rings. The molecule has 1 heterocycles. The Labute approximate surface area is 176 Å². The molecule has 2 aromatic carbocycles. The Balaban J connectivity index is 0.00000196. The second-order valence-electron chi connectivity index (χ2n) is 6.54. The molecule has 3 rings (SSSR count). The molecule has 2 aromatic rings. The Morgan fingerprint density at radius 3 is 2.57 bits per heavy atom. The van der Waals surface area contributed by atoms with E-state index >= 15 is 0 Å². The summed E-state index contributed by atoms with van der Waals surface area (Å²) in [5.41, 5.74) is 3.44. The van der Waals surface area contributed by atoms with E-state index in [1.165, 1.54) is 23.2 Å². The molecule has 0 bridgehead atoms. The number of hydrogen-bond donors (Lipinski definition) is 4. The van der Waals surface area contributed by atoms with Gasteiger partial charge < -0.3 is 10.6 Å². The summed E-state index contributed by atoms with van der Waals surface area (Å²) in [5, 5.41) is 15.2. The Morgan fingerprint density at radius 1 is 1.21 bits per heavy atom. The third kappa shape index (κ3) is 6.21. The minimum atomic E-state index is -0.661. The van der Waals surface area contributed by atoms with Crippen LogP contribution in [0.25, 0.3) is 6.08 Å². The first kappa shape index (κ1) is 23.9. The lowest BCUT2D eigenvalue weighted by atomic mass is 9.89. The second kappa shape index (κ2) is 11.0. The molecule has 0 spiro atoms. The number of nitrogens with one attached hydrogen (secondary N) is 3. The fourth-order valence-electron chi connectivity index (χ4n) is 3.26. The molecule has 0 radical (unpaired) electrons. The zero-order valence-corrected chi connectivity index (χ0v) is 16.8. The lowest BCUT2D eigenvalue weighted by molar-refractivity contribution is -0.124. The third-order valence-electron chi connectivity index (χ3n) is 4.56. The summed E-state index contributed by atoms with van der Waals surface area (Å²) in [6.45, 7) is 1.65. The second-order valence-corrected chi connectivity index (χ2v) is 6.54. The van der Waals surface area contributed by atoms with Crippen LogP contribution in [0.2, 0.25) is 0 Å². The van der Waals surface area contributed by atoms with Gasteiger partial charge in [0.05, 0.1) is 11.2 Å². The van der Waals surface area contributed by atoms with Crippen LogP contribution in [-0.2, 0) is 11.2 Å². The van der Waals surface area contributed by atoms with Crippen molar-refractivity contribution >= 4 is 42.5 Å². The van der Waals surface area contributed by atoms with E-state index in [9.17, 15) is 9.18 Å². The monoisotopic (exact) mass is 427 g/mol. The standard InChI is InChI=1S/C20H22FN3O2.2ClH/c21-17-12-15(7-9-19(25)24-26)6-8-18(17)23-20(10-11-22-14-20)13-16-4-2-1-3-5-16;;/h1-9,12,22-23,26H,10-11,13-14H2,(H,24,25);2*1H/b9-7+;;/t20-;;/m0../s1. The van der Waals surface area contributed by atoms with Gasteiger partial charge in [0.1, 0.15) is 5.82 Å². The molecule has 1 saturated heterocycles. The fourth-order valence-corrected chi connectivity index (χ4v) is 3.26. The van der Waals surface area contributed by atoms with Crippen LogP contribution >= 0.6 is 24.8 Å². The highest BCUT2D eigenvalue weighted by atomic mass is 35.5. The van der Waals surface area contributed by atoms with Crippen LogP contribution in [-0.4, -0.2) is 29.7 Å². The number of benzene rings is 2. The molecule has 0 aromatic heterocycles. The van der Waals surface area contributed by atoms with Gasteiger partial charge in [-0.25, -0.2) is 9.87 Å². The number of carbonyl (C=O) groups excluding carboxylic acids is 1. The van der Waals surface area contributed by atoms with Crippen LogP contribution in [0.5, 0.6) is 0 Å². The SMILES string of the molecule is Cl.Cl.O=C(/C=C/c1ccc(N[C@]2(Cc3ccccc3)CCNC2)c(F)c1)NO. The zero-order valence-electron chi connectivity index (χ0n) is 15.2. The Morgan fingerprint density at radius 2 is 1.96 bits per heavy atom. The number of hydroxylamine groups is 1. The first-order valence-electron chi connectivity index (χ1n) is 8.55. The van der Waals surface area contributed by atoms with Crippen LogP contribution in [0, 0.1) is 5.82 Å². The average Bonchev–Trinajstić information content (AvgIpc) is 3.10. The van der Waals surface area contributed by atoms with Gasteiger partial charge in [0, 0.05) is 12.6 Å². The summed E-state index contributed by atoms with van der Waals surface area (Å²) >= 11 is 0. The summed E-state index contributed by atoms with van der Waals surface area (Å²) in [6.07, 6.45) is 4.28. The van der Waals surface area contributed by atoms with Crippen molar-refractivity contribution in [2.75, 3.05) is 18.4 Å². The number of carbonyl (C=O) groups is 1. The van der Waals surface area contributed by atoms with Crippen LogP contribution in [0.3, 0.4) is 0 Å². The molecule has 1 fully saturated rings. The lowest BCUT2D eigenvalue weighted by Crippen LogP contribution is -2.43. The van der Waals surface area contributed by atoms with Crippen LogP contribution in [0.4, 0.5) is 10.1 Å². The Kier molecular flexibility index (Phi) is 9.41. The highest BCUT2D eigenvalue weighted by Crippen LogP contribution is 2.28. The number of rotatable bonds is 6. The number of anilines is 1. The highest BCUT2D eigenvalue weighted by Gasteiger charge is 2.34. The van der Waals surface area contributed by atoms with Gasteiger partial charge in [-0.05, 0) is 48.7 Å². The van der Waals surface area contributed by atoms with Gasteiger partial charge >= 0.3 is 0 Å². The van der Waals surface area contributed by atoms with Crippen molar-refractivity contribution in [3.8, 4) is 0 Å². The minimum Gasteiger partial charge on any atom is -0.376 e. The van der Waals surface area contributed by atoms with Crippen molar-refractivity contribution in [2.45, 2.75) is 18.4 Å². The zero-order chi connectivity index (χ0) is 18.4. The predicted molar refractivity (Wildman–Crippen MR) is 114 cm³/mol. The quantitative estimate of drug-likeness (QED) is 0.323. The van der Waals surface area contributed by atoms with Crippen LogP contribution < -0.4 is 16.1 Å². The summed E-state index contributed by atoms with van der Waals surface area (Å²) in [4.78, 5) is 11.0. The van der Waals surface area contributed by atoms with E-state index in [1.807, 2.05) is 18.2 Å². The molecule has 0 aliphatic carbocycles. The van der Waals surface area contributed by atoms with Gasteiger partial charge in [0.15, 0.2) is 0 Å². The predicted octanol–water partition coefficient (Wildman–Crippen LogP) is 3.57. The summed E-state index contributed by atoms with van der Waals surface area (Å²) in [7, 11) is 0. The Hall–Kier alpha value is -2.12. The van der Waals surface area contributed by atoms with E-state index in [-0.39, 0.29) is 36.2 Å². The maximum absolute atomic E-state index is 14.6. The number of halogens is 3. The molecular formula is C20H24Cl2FN3O2. The minimum absolute atomic E-state index is 0. The number of hydrogen-bond acceptors (Lipinski definition) is 4. The summed E-state index contributed by atoms with van der Waals surface area (Å²) in [6, 6.07) is 14.9. The first-order valence-corrected chi connectivity index (χ1v) is 8.55. The van der Waals surface area contributed by atoms with Crippen molar-refractivity contribution in [3.05, 3.63) is 71.6 Å². The largest absolute Gasteiger partial charge is 0.376 e. The molecule has 1 atom stereocenters. The highest BCUT2D eigenvalue weighted by molar-refractivity contribution is 5.90. The van der Waals surface area contributed by atoms with Gasteiger partial charge in [-0.15, -0.1) is 24.8 Å². The van der Waals surface area contributed by atoms with E-state index in [0.717, 1.165) is 32.0 Å². The van der Waals surface area contributed by atoms with Gasteiger partial charge in [-0.1, -0.05) is 36.4 Å². The fraction of sp³-hybridized carbons (Fsp3) is 0.250. The lowest BCUT2D eigenvalue weighted by Gasteiger charge is -2.31. The topological polar surface area (TPSA) is 73.4 Å². The smallest absolute Gasteiger partial charge is 0.267 e. The molecule has 152 valence electrons. The van der Waals surface area contributed by atoms with Gasteiger partial charge in [-0.3, -0.25) is 10.0 Å². The normalized spacial score (nSPS) is 18.2. The van der Waals surface area contributed by atoms with E-state index in [0.29, 0.717) is 11.3 Å². The summed E-state index contributed by atoms with van der Waals surface area (Å²) < 4.78 is 14.6. The van der Waals surface area contributed by atoms with Crippen molar-refractivity contribution in [3.63, 3.8) is 0 Å². The van der Waals surface area contributed by atoms with E-state index in [4.69, 9.17) is 5.21 Å². The molecule has 1 aliphatic heterocycles. The molecule has 0 unspecified atom stereocenters. The third-order valence-corrected chi connectivity index (χ3v) is 4.56. The van der Waals surface area contributed by atoms with E-state index in [1.54, 1.807) is 12.1 Å². The molecule has 4 N–H and O–H groups in total. The van der Waals surface area contributed by atoms with Gasteiger partial charge in [-0.2, -0.15) is 0 Å². The van der Waals surface area contributed by atoms with Crippen molar-refractivity contribution in [2.24, 2.45) is 0 Å². The van der Waals surface area contributed by atoms with Crippen molar-refractivity contribution in [1.82, 2.24) is 10.8 Å². The molecule has 28 heavy (non-hydrogen) atoms. The van der Waals surface area contributed by atoms with E-state index < -0.39 is 5.91 Å².